The van der Waals surface area contributed by atoms with E-state index in [1.165, 1.54) is 33.5 Å². The highest BCUT2D eigenvalue weighted by Gasteiger charge is 2.36. The van der Waals surface area contributed by atoms with Crippen LogP contribution < -0.4 is 4.74 Å². The fraction of sp³-hybridized carbons (Fsp3) is 0.500. The highest BCUT2D eigenvalue weighted by Crippen LogP contribution is 2.40. The molecule has 0 unspecified atom stereocenters. The molecule has 108 valence electrons. The molecule has 0 bridgehead atoms. The third kappa shape index (κ3) is 3.82. The van der Waals surface area contributed by atoms with Crippen LogP contribution in [-0.2, 0) is 20.4 Å². The highest BCUT2D eigenvalue weighted by atomic mass is 19.4. The minimum absolute atomic E-state index is 0.150. The Bertz CT molecular complexity index is 402. The molecule has 1 aromatic carbocycles. The van der Waals surface area contributed by atoms with E-state index in [2.05, 4.69) is 4.74 Å². The van der Waals surface area contributed by atoms with Crippen molar-refractivity contribution in [1.82, 2.24) is 0 Å². The fourth-order valence-electron chi connectivity index (χ4n) is 1.59. The molecule has 7 heteroatoms. The van der Waals surface area contributed by atoms with Crippen LogP contribution in [-0.4, -0.2) is 28.1 Å². The quantitative estimate of drug-likeness (QED) is 0.751. The predicted molar refractivity (Wildman–Crippen MR) is 60.7 cm³/mol. The SMILES string of the molecule is COCOc1c(C(OC)OC)cccc1C(F)(F)F. The zero-order valence-corrected chi connectivity index (χ0v) is 10.8. The minimum atomic E-state index is -4.54. The minimum Gasteiger partial charge on any atom is -0.466 e. The van der Waals surface area contributed by atoms with Crippen molar-refractivity contribution in [2.75, 3.05) is 28.1 Å². The summed E-state index contributed by atoms with van der Waals surface area (Å²) in [4.78, 5) is 0. The molecule has 0 saturated carbocycles. The molecule has 0 heterocycles. The second-order valence-electron chi connectivity index (χ2n) is 3.58. The van der Waals surface area contributed by atoms with Crippen LogP contribution in [0.4, 0.5) is 13.2 Å². The van der Waals surface area contributed by atoms with Gasteiger partial charge in [-0.05, 0) is 6.07 Å². The van der Waals surface area contributed by atoms with Gasteiger partial charge in [-0.15, -0.1) is 0 Å². The summed E-state index contributed by atoms with van der Waals surface area (Å²) in [5.74, 6) is -0.356. The zero-order valence-electron chi connectivity index (χ0n) is 10.8. The Hall–Kier alpha value is -1.31. The summed E-state index contributed by atoms with van der Waals surface area (Å²) in [5.41, 5.74) is -0.752. The van der Waals surface area contributed by atoms with Crippen LogP contribution in [0.2, 0.25) is 0 Å². The maximum Gasteiger partial charge on any atom is 0.419 e. The second kappa shape index (κ2) is 6.74. The Labute approximate surface area is 109 Å². The van der Waals surface area contributed by atoms with Crippen molar-refractivity contribution in [3.8, 4) is 5.75 Å². The lowest BCUT2D eigenvalue weighted by Crippen LogP contribution is -2.14. The van der Waals surface area contributed by atoms with Crippen LogP contribution >= 0.6 is 0 Å². The van der Waals surface area contributed by atoms with E-state index in [9.17, 15) is 13.2 Å². The summed E-state index contributed by atoms with van der Waals surface area (Å²) in [6.45, 7) is -0.305. The van der Waals surface area contributed by atoms with Gasteiger partial charge in [-0.3, -0.25) is 0 Å². The van der Waals surface area contributed by atoms with Crippen molar-refractivity contribution in [1.29, 1.82) is 0 Å². The van der Waals surface area contributed by atoms with Crippen LogP contribution in [0.15, 0.2) is 18.2 Å². The number of para-hydroxylation sites is 1. The van der Waals surface area contributed by atoms with Gasteiger partial charge in [-0.2, -0.15) is 13.2 Å². The predicted octanol–water partition coefficient (Wildman–Crippen LogP) is 2.98. The number of methoxy groups -OCH3 is 3. The molecule has 0 spiro atoms. The molecule has 4 nitrogen and oxygen atoms in total. The molecule has 0 radical (unpaired) electrons. The standard InChI is InChI=1S/C12H15F3O4/c1-16-7-19-10-8(11(17-2)18-3)5-4-6-9(10)12(13,14)15/h4-6,11H,7H2,1-3H3. The Morgan fingerprint density at radius 2 is 1.74 bits per heavy atom. The molecule has 0 fully saturated rings. The monoisotopic (exact) mass is 280 g/mol. The fourth-order valence-corrected chi connectivity index (χ4v) is 1.59. The Morgan fingerprint density at radius 3 is 2.21 bits per heavy atom. The summed E-state index contributed by atoms with van der Waals surface area (Å²) in [6.07, 6.45) is -5.49. The lowest BCUT2D eigenvalue weighted by molar-refractivity contribution is -0.141. The number of ether oxygens (including phenoxy) is 4. The van der Waals surface area contributed by atoms with Crippen LogP contribution in [0.1, 0.15) is 17.4 Å². The van der Waals surface area contributed by atoms with Gasteiger partial charge in [-0.25, -0.2) is 0 Å². The van der Waals surface area contributed by atoms with Gasteiger partial charge >= 0.3 is 6.18 Å². The number of alkyl halides is 3. The molecule has 0 aliphatic carbocycles. The molecule has 0 saturated heterocycles. The summed E-state index contributed by atoms with van der Waals surface area (Å²) < 4.78 is 58.4. The van der Waals surface area contributed by atoms with Crippen molar-refractivity contribution >= 4 is 0 Å². The first-order chi connectivity index (χ1) is 8.95. The normalized spacial score (nSPS) is 11.9. The first-order valence-electron chi connectivity index (χ1n) is 5.33. The zero-order chi connectivity index (χ0) is 14.5. The van der Waals surface area contributed by atoms with Gasteiger partial charge in [0.1, 0.15) is 5.75 Å². The van der Waals surface area contributed by atoms with E-state index in [0.717, 1.165) is 6.07 Å². The van der Waals surface area contributed by atoms with E-state index in [1.54, 1.807) is 0 Å². The lowest BCUT2D eigenvalue weighted by atomic mass is 10.1. The molecule has 0 aromatic heterocycles. The summed E-state index contributed by atoms with van der Waals surface area (Å²) in [6, 6.07) is 3.64. The van der Waals surface area contributed by atoms with E-state index in [0.29, 0.717) is 0 Å². The second-order valence-corrected chi connectivity index (χ2v) is 3.58. The van der Waals surface area contributed by atoms with Crippen LogP contribution in [0.5, 0.6) is 5.75 Å². The number of rotatable bonds is 6. The third-order valence-electron chi connectivity index (χ3n) is 2.35. The van der Waals surface area contributed by atoms with Gasteiger partial charge < -0.3 is 18.9 Å². The van der Waals surface area contributed by atoms with E-state index in [4.69, 9.17) is 14.2 Å². The van der Waals surface area contributed by atoms with Gasteiger partial charge in [0.2, 0.25) is 0 Å². The first-order valence-corrected chi connectivity index (χ1v) is 5.33. The third-order valence-corrected chi connectivity index (χ3v) is 2.35. The number of hydrogen-bond acceptors (Lipinski definition) is 4. The van der Waals surface area contributed by atoms with E-state index in [1.807, 2.05) is 0 Å². The molecule has 0 N–H and O–H groups in total. The van der Waals surface area contributed by atoms with Gasteiger partial charge in [-0.1, -0.05) is 12.1 Å². The van der Waals surface area contributed by atoms with Gasteiger partial charge in [0.05, 0.1) is 11.1 Å². The first kappa shape index (κ1) is 15.7. The van der Waals surface area contributed by atoms with Crippen molar-refractivity contribution in [3.05, 3.63) is 29.3 Å². The Balaban J connectivity index is 3.29. The summed E-state index contributed by atoms with van der Waals surface area (Å²) >= 11 is 0. The Kier molecular flexibility index (Phi) is 5.59. The maximum absolute atomic E-state index is 12.9. The van der Waals surface area contributed by atoms with Crippen LogP contribution in [0.25, 0.3) is 0 Å². The van der Waals surface area contributed by atoms with E-state index >= 15 is 0 Å². The smallest absolute Gasteiger partial charge is 0.419 e. The van der Waals surface area contributed by atoms with Crippen LogP contribution in [0.3, 0.4) is 0 Å². The van der Waals surface area contributed by atoms with Crippen molar-refractivity contribution < 1.29 is 32.1 Å². The van der Waals surface area contributed by atoms with E-state index < -0.39 is 18.0 Å². The van der Waals surface area contributed by atoms with Gasteiger partial charge in [0, 0.05) is 21.3 Å². The average molecular weight is 280 g/mol. The summed E-state index contributed by atoms with van der Waals surface area (Å²) in [7, 11) is 3.98. The highest BCUT2D eigenvalue weighted by molar-refractivity contribution is 5.44. The topological polar surface area (TPSA) is 36.9 Å². The van der Waals surface area contributed by atoms with E-state index in [-0.39, 0.29) is 18.1 Å². The van der Waals surface area contributed by atoms with Crippen molar-refractivity contribution in [2.45, 2.75) is 12.5 Å². The van der Waals surface area contributed by atoms with Gasteiger partial charge in [0.25, 0.3) is 0 Å². The molecule has 0 aliphatic heterocycles. The molecular weight excluding hydrogens is 265 g/mol. The number of benzene rings is 1. The molecule has 0 amide bonds. The van der Waals surface area contributed by atoms with Gasteiger partial charge in [0.15, 0.2) is 13.1 Å². The lowest BCUT2D eigenvalue weighted by Gasteiger charge is -2.21. The molecule has 0 atom stereocenters. The average Bonchev–Trinajstić information content (AvgIpc) is 2.37. The molecule has 0 aliphatic rings. The molecule has 19 heavy (non-hydrogen) atoms. The summed E-state index contributed by atoms with van der Waals surface area (Å²) in [5, 5.41) is 0. The Morgan fingerprint density at radius 1 is 1.11 bits per heavy atom. The van der Waals surface area contributed by atoms with Crippen molar-refractivity contribution in [3.63, 3.8) is 0 Å². The number of halogens is 3. The van der Waals surface area contributed by atoms with Crippen LogP contribution in [0, 0.1) is 0 Å². The van der Waals surface area contributed by atoms with Crippen molar-refractivity contribution in [2.24, 2.45) is 0 Å². The maximum atomic E-state index is 12.9. The molecular formula is C12H15F3O4. The number of hydrogen-bond donors (Lipinski definition) is 0. The largest absolute Gasteiger partial charge is 0.466 e. The molecule has 1 aromatic rings. The molecule has 1 rings (SSSR count).